The molecule has 0 aromatic heterocycles. The van der Waals surface area contributed by atoms with Gasteiger partial charge in [-0.25, -0.2) is 8.42 Å². The Morgan fingerprint density at radius 3 is 2.53 bits per heavy atom. The molecule has 1 rings (SSSR count). The van der Waals surface area contributed by atoms with Crippen molar-refractivity contribution in [3.8, 4) is 0 Å². The summed E-state index contributed by atoms with van der Waals surface area (Å²) in [6.07, 6.45) is 1.02. The summed E-state index contributed by atoms with van der Waals surface area (Å²) >= 11 is 8.96. The maximum absolute atomic E-state index is 11.5. The quantitative estimate of drug-likeness (QED) is 0.805. The van der Waals surface area contributed by atoms with E-state index in [-0.39, 0.29) is 0 Å². The molecule has 0 atom stereocenters. The maximum Gasteiger partial charge on any atom is 0.177 e. The normalized spacial score (nSPS) is 11.4. The summed E-state index contributed by atoms with van der Waals surface area (Å²) in [6, 6.07) is 4.58. The standard InChI is InChI=1S/C9H8BrClO3S/c1-15(13,14)5-9(12)6-2-3-7(10)8(11)4-6/h2-4H,5H2,1H3. The number of carbonyl (C=O) groups excluding carboxylic acids is 1. The number of carbonyl (C=O) groups is 1. The molecule has 0 aliphatic carbocycles. The maximum atomic E-state index is 11.5. The van der Waals surface area contributed by atoms with Crippen LogP contribution in [0.1, 0.15) is 10.4 Å². The zero-order chi connectivity index (χ0) is 11.6. The number of sulfone groups is 1. The molecule has 82 valence electrons. The van der Waals surface area contributed by atoms with Crippen molar-refractivity contribution in [2.45, 2.75) is 0 Å². The van der Waals surface area contributed by atoms with Crippen molar-refractivity contribution in [2.75, 3.05) is 12.0 Å². The third kappa shape index (κ3) is 3.93. The molecule has 0 aliphatic rings. The fourth-order valence-corrected chi connectivity index (χ4v) is 2.06. The lowest BCUT2D eigenvalue weighted by molar-refractivity contribution is 0.102. The Hall–Kier alpha value is -0.390. The van der Waals surface area contributed by atoms with Crippen molar-refractivity contribution in [1.29, 1.82) is 0 Å². The van der Waals surface area contributed by atoms with Crippen LogP contribution >= 0.6 is 27.5 Å². The van der Waals surface area contributed by atoms with E-state index in [1.54, 1.807) is 6.07 Å². The molecule has 0 unspecified atom stereocenters. The van der Waals surface area contributed by atoms with Gasteiger partial charge in [0.1, 0.15) is 5.75 Å². The molecule has 3 nitrogen and oxygen atoms in total. The molecular weight excluding hydrogens is 304 g/mol. The first-order valence-electron chi connectivity index (χ1n) is 3.95. The van der Waals surface area contributed by atoms with Gasteiger partial charge in [-0.2, -0.15) is 0 Å². The minimum absolute atomic E-state index is 0.300. The highest BCUT2D eigenvalue weighted by molar-refractivity contribution is 9.10. The number of Topliss-reactive ketones (excluding diaryl/α,β-unsaturated/α-hetero) is 1. The molecule has 0 amide bonds. The molecule has 0 spiro atoms. The first kappa shape index (κ1) is 12.7. The summed E-state index contributed by atoms with van der Waals surface area (Å²) in [6.45, 7) is 0. The lowest BCUT2D eigenvalue weighted by atomic mass is 10.1. The summed E-state index contributed by atoms with van der Waals surface area (Å²) < 4.78 is 22.5. The molecule has 0 saturated heterocycles. The van der Waals surface area contributed by atoms with Crippen molar-refractivity contribution in [2.24, 2.45) is 0 Å². The zero-order valence-electron chi connectivity index (χ0n) is 7.83. The summed E-state index contributed by atoms with van der Waals surface area (Å²) in [4.78, 5) is 11.5. The minimum Gasteiger partial charge on any atom is -0.293 e. The van der Waals surface area contributed by atoms with Gasteiger partial charge in [-0.3, -0.25) is 4.79 Å². The van der Waals surface area contributed by atoms with Gasteiger partial charge in [0.25, 0.3) is 0 Å². The second-order valence-electron chi connectivity index (χ2n) is 3.12. The van der Waals surface area contributed by atoms with Crippen molar-refractivity contribution in [1.82, 2.24) is 0 Å². The number of hydrogen-bond acceptors (Lipinski definition) is 3. The van der Waals surface area contributed by atoms with Crippen molar-refractivity contribution < 1.29 is 13.2 Å². The largest absolute Gasteiger partial charge is 0.293 e. The number of benzene rings is 1. The van der Waals surface area contributed by atoms with E-state index in [0.29, 0.717) is 15.1 Å². The van der Waals surface area contributed by atoms with E-state index in [1.165, 1.54) is 12.1 Å². The van der Waals surface area contributed by atoms with Gasteiger partial charge in [0, 0.05) is 16.3 Å². The number of rotatable bonds is 3. The van der Waals surface area contributed by atoms with Crippen LogP contribution < -0.4 is 0 Å². The Labute approximate surface area is 101 Å². The Kier molecular flexibility index (Phi) is 3.92. The van der Waals surface area contributed by atoms with E-state index in [0.717, 1.165) is 6.26 Å². The molecule has 0 aliphatic heterocycles. The summed E-state index contributed by atoms with van der Waals surface area (Å²) in [5.41, 5.74) is 0.300. The van der Waals surface area contributed by atoms with Crippen molar-refractivity contribution in [3.63, 3.8) is 0 Å². The van der Waals surface area contributed by atoms with Gasteiger partial charge in [-0.15, -0.1) is 0 Å². The van der Waals surface area contributed by atoms with Crippen LogP contribution in [0.5, 0.6) is 0 Å². The topological polar surface area (TPSA) is 51.2 Å². The number of ketones is 1. The van der Waals surface area contributed by atoms with E-state index in [2.05, 4.69) is 15.9 Å². The van der Waals surface area contributed by atoms with Gasteiger partial charge in [0.05, 0.1) is 5.02 Å². The van der Waals surface area contributed by atoms with Gasteiger partial charge in [0.15, 0.2) is 15.6 Å². The van der Waals surface area contributed by atoms with Crippen molar-refractivity contribution >= 4 is 43.2 Å². The van der Waals surface area contributed by atoms with Crippen LogP contribution in [-0.4, -0.2) is 26.2 Å². The average Bonchev–Trinajstić information content (AvgIpc) is 2.06. The highest BCUT2D eigenvalue weighted by Crippen LogP contribution is 2.23. The van der Waals surface area contributed by atoms with Crippen LogP contribution in [0.4, 0.5) is 0 Å². The smallest absolute Gasteiger partial charge is 0.177 e. The predicted octanol–water partition coefficient (Wildman–Crippen LogP) is 2.33. The predicted molar refractivity (Wildman–Crippen MR) is 63.2 cm³/mol. The summed E-state index contributed by atoms with van der Waals surface area (Å²) in [5, 5.41) is 0.384. The molecule has 0 fully saturated rings. The first-order valence-corrected chi connectivity index (χ1v) is 7.19. The molecular formula is C9H8BrClO3S. The molecule has 0 heterocycles. The van der Waals surface area contributed by atoms with Crippen LogP contribution in [0.2, 0.25) is 5.02 Å². The first-order chi connectivity index (χ1) is 6.79. The number of hydrogen-bond donors (Lipinski definition) is 0. The van der Waals surface area contributed by atoms with Crippen LogP contribution in [0.15, 0.2) is 22.7 Å². The fraction of sp³-hybridized carbons (Fsp3) is 0.222. The van der Waals surface area contributed by atoms with Crippen LogP contribution in [0.3, 0.4) is 0 Å². The van der Waals surface area contributed by atoms with Crippen LogP contribution in [0, 0.1) is 0 Å². The molecule has 0 saturated carbocycles. The molecule has 0 bridgehead atoms. The summed E-state index contributed by atoms with van der Waals surface area (Å²) in [7, 11) is -3.30. The van der Waals surface area contributed by atoms with Gasteiger partial charge in [0.2, 0.25) is 0 Å². The van der Waals surface area contributed by atoms with E-state index < -0.39 is 21.4 Å². The van der Waals surface area contributed by atoms with Gasteiger partial charge >= 0.3 is 0 Å². The highest BCUT2D eigenvalue weighted by atomic mass is 79.9. The van der Waals surface area contributed by atoms with Gasteiger partial charge in [-0.1, -0.05) is 17.7 Å². The third-order valence-corrected chi connectivity index (χ3v) is 3.65. The lowest BCUT2D eigenvalue weighted by Gasteiger charge is -2.01. The molecule has 0 radical (unpaired) electrons. The Bertz CT molecular complexity index is 496. The summed E-state index contributed by atoms with van der Waals surface area (Å²) in [5.74, 6) is -0.947. The Morgan fingerprint density at radius 2 is 2.07 bits per heavy atom. The Balaban J connectivity index is 2.98. The molecule has 1 aromatic rings. The Morgan fingerprint density at radius 1 is 1.47 bits per heavy atom. The van der Waals surface area contributed by atoms with Crippen molar-refractivity contribution in [3.05, 3.63) is 33.3 Å². The van der Waals surface area contributed by atoms with Crippen LogP contribution in [-0.2, 0) is 9.84 Å². The lowest BCUT2D eigenvalue weighted by Crippen LogP contribution is -2.14. The third-order valence-electron chi connectivity index (χ3n) is 1.63. The molecule has 0 N–H and O–H groups in total. The van der Waals surface area contributed by atoms with E-state index in [1.807, 2.05) is 0 Å². The molecule has 15 heavy (non-hydrogen) atoms. The average molecular weight is 312 g/mol. The second-order valence-corrected chi connectivity index (χ2v) is 6.52. The van der Waals surface area contributed by atoms with E-state index in [9.17, 15) is 13.2 Å². The number of halogens is 2. The van der Waals surface area contributed by atoms with Crippen LogP contribution in [0.25, 0.3) is 0 Å². The zero-order valence-corrected chi connectivity index (χ0v) is 11.0. The minimum atomic E-state index is -3.30. The fourth-order valence-electron chi connectivity index (χ4n) is 0.991. The monoisotopic (exact) mass is 310 g/mol. The molecule has 1 aromatic carbocycles. The van der Waals surface area contributed by atoms with Gasteiger partial charge < -0.3 is 0 Å². The highest BCUT2D eigenvalue weighted by Gasteiger charge is 2.13. The van der Waals surface area contributed by atoms with E-state index in [4.69, 9.17) is 11.6 Å². The SMILES string of the molecule is CS(=O)(=O)CC(=O)c1ccc(Br)c(Cl)c1. The van der Waals surface area contributed by atoms with E-state index >= 15 is 0 Å². The molecule has 6 heteroatoms. The second kappa shape index (κ2) is 4.63. The van der Waals surface area contributed by atoms with Gasteiger partial charge in [-0.05, 0) is 28.1 Å².